The van der Waals surface area contributed by atoms with Crippen LogP contribution in [0.15, 0.2) is 24.3 Å². The first-order valence-corrected chi connectivity index (χ1v) is 7.14. The third kappa shape index (κ3) is 6.40. The Morgan fingerprint density at radius 3 is 2.24 bits per heavy atom. The molecule has 1 rings (SSSR count). The fourth-order valence-electron chi connectivity index (χ4n) is 1.95. The van der Waals surface area contributed by atoms with Crippen LogP contribution in [0.4, 0.5) is 0 Å². The number of rotatable bonds is 9. The van der Waals surface area contributed by atoms with Crippen LogP contribution in [0.3, 0.4) is 0 Å². The molecular weight excluding hydrogens is 272 g/mol. The lowest BCUT2D eigenvalue weighted by atomic mass is 10.0. The van der Waals surface area contributed by atoms with E-state index >= 15 is 0 Å². The van der Waals surface area contributed by atoms with E-state index in [4.69, 9.17) is 14.6 Å². The topological polar surface area (TPSA) is 72.8 Å². The summed E-state index contributed by atoms with van der Waals surface area (Å²) in [6.45, 7) is 4.37. The molecule has 0 aliphatic heterocycles. The van der Waals surface area contributed by atoms with Gasteiger partial charge in [0.1, 0.15) is 0 Å². The lowest BCUT2D eigenvalue weighted by molar-refractivity contribution is -0.156. The molecule has 0 saturated heterocycles. The molecule has 0 radical (unpaired) electrons. The van der Waals surface area contributed by atoms with Gasteiger partial charge < -0.3 is 14.6 Å². The average molecular weight is 294 g/mol. The zero-order chi connectivity index (χ0) is 15.7. The van der Waals surface area contributed by atoms with Crippen molar-refractivity contribution in [3.05, 3.63) is 35.4 Å². The van der Waals surface area contributed by atoms with Gasteiger partial charge in [0.15, 0.2) is 6.10 Å². The van der Waals surface area contributed by atoms with Crippen LogP contribution < -0.4 is 0 Å². The summed E-state index contributed by atoms with van der Waals surface area (Å²) in [7, 11) is 0. The Balaban J connectivity index is 2.62. The number of ether oxygens (including phenoxy) is 2. The fourth-order valence-corrected chi connectivity index (χ4v) is 1.95. The molecule has 5 nitrogen and oxygen atoms in total. The second-order valence-electron chi connectivity index (χ2n) is 4.61. The molecule has 1 N–H and O–H groups in total. The summed E-state index contributed by atoms with van der Waals surface area (Å²) < 4.78 is 10.4. The van der Waals surface area contributed by atoms with Gasteiger partial charge in [-0.3, -0.25) is 4.79 Å². The number of carboxylic acids is 1. The van der Waals surface area contributed by atoms with Crippen molar-refractivity contribution in [3.63, 3.8) is 0 Å². The van der Waals surface area contributed by atoms with Crippen LogP contribution in [0.25, 0.3) is 0 Å². The Kier molecular flexibility index (Phi) is 7.46. The van der Waals surface area contributed by atoms with Crippen LogP contribution in [0.2, 0.25) is 0 Å². The van der Waals surface area contributed by atoms with Crippen LogP contribution in [0.5, 0.6) is 0 Å². The van der Waals surface area contributed by atoms with Crippen LogP contribution in [0, 0.1) is 0 Å². The quantitative estimate of drug-likeness (QED) is 0.707. The zero-order valence-corrected chi connectivity index (χ0v) is 12.5. The number of aliphatic carboxylic acids is 1. The van der Waals surface area contributed by atoms with Gasteiger partial charge in [0.05, 0.1) is 6.61 Å². The molecule has 116 valence electrons. The number of carboxylic acid groups (broad SMARTS) is 1. The minimum absolute atomic E-state index is 0.115. The van der Waals surface area contributed by atoms with Crippen molar-refractivity contribution in [3.8, 4) is 0 Å². The maximum absolute atomic E-state index is 11.8. The molecule has 5 heteroatoms. The van der Waals surface area contributed by atoms with Gasteiger partial charge in [0.2, 0.25) is 0 Å². The SMILES string of the molecule is CCOC(=O)C(Cc1ccc(CCC(=O)O)cc1)OCC. The molecule has 0 amide bonds. The number of hydrogen-bond acceptors (Lipinski definition) is 4. The van der Waals surface area contributed by atoms with Crippen LogP contribution >= 0.6 is 0 Å². The number of carbonyl (C=O) groups excluding carboxylic acids is 1. The highest BCUT2D eigenvalue weighted by Gasteiger charge is 2.20. The number of benzene rings is 1. The first kappa shape index (κ1) is 17.2. The normalized spacial score (nSPS) is 11.9. The Morgan fingerprint density at radius 1 is 1.10 bits per heavy atom. The summed E-state index contributed by atoms with van der Waals surface area (Å²) in [5, 5.41) is 8.65. The monoisotopic (exact) mass is 294 g/mol. The smallest absolute Gasteiger partial charge is 0.335 e. The van der Waals surface area contributed by atoms with E-state index < -0.39 is 12.1 Å². The van der Waals surface area contributed by atoms with Gasteiger partial charge in [0, 0.05) is 19.4 Å². The Hall–Kier alpha value is -1.88. The first-order chi connectivity index (χ1) is 10.1. The van der Waals surface area contributed by atoms with Gasteiger partial charge >= 0.3 is 11.9 Å². The number of carbonyl (C=O) groups is 2. The second-order valence-corrected chi connectivity index (χ2v) is 4.61. The minimum atomic E-state index is -0.808. The summed E-state index contributed by atoms with van der Waals surface area (Å²) in [4.78, 5) is 22.3. The minimum Gasteiger partial charge on any atom is -0.481 e. The van der Waals surface area contributed by atoms with Crippen molar-refractivity contribution in [1.29, 1.82) is 0 Å². The van der Waals surface area contributed by atoms with Gasteiger partial charge in [-0.1, -0.05) is 24.3 Å². The van der Waals surface area contributed by atoms with E-state index in [2.05, 4.69) is 0 Å². The molecule has 1 aromatic carbocycles. The summed E-state index contributed by atoms with van der Waals surface area (Å²) >= 11 is 0. The molecule has 1 atom stereocenters. The molecule has 0 saturated carbocycles. The Morgan fingerprint density at radius 2 is 1.71 bits per heavy atom. The molecule has 0 aromatic heterocycles. The average Bonchev–Trinajstić information content (AvgIpc) is 2.46. The van der Waals surface area contributed by atoms with Crippen molar-refractivity contribution < 1.29 is 24.2 Å². The summed E-state index contributed by atoms with van der Waals surface area (Å²) in [6.07, 6.45) is 0.470. The van der Waals surface area contributed by atoms with Crippen molar-refractivity contribution >= 4 is 11.9 Å². The number of esters is 1. The van der Waals surface area contributed by atoms with Crippen LogP contribution in [0.1, 0.15) is 31.4 Å². The second kappa shape index (κ2) is 9.13. The summed E-state index contributed by atoms with van der Waals surface area (Å²) in [6, 6.07) is 7.55. The Labute approximate surface area is 124 Å². The van der Waals surface area contributed by atoms with E-state index in [1.54, 1.807) is 6.92 Å². The zero-order valence-electron chi connectivity index (χ0n) is 12.5. The largest absolute Gasteiger partial charge is 0.481 e. The third-order valence-corrected chi connectivity index (χ3v) is 2.99. The molecule has 0 fully saturated rings. The van der Waals surface area contributed by atoms with E-state index in [1.807, 2.05) is 31.2 Å². The highest BCUT2D eigenvalue weighted by molar-refractivity contribution is 5.75. The molecule has 0 aliphatic rings. The predicted octanol–water partition coefficient (Wildman–Crippen LogP) is 2.21. The van der Waals surface area contributed by atoms with E-state index in [1.165, 1.54) is 0 Å². The molecule has 0 bridgehead atoms. The summed E-state index contributed by atoms with van der Waals surface area (Å²) in [5.74, 6) is -1.16. The van der Waals surface area contributed by atoms with Gasteiger partial charge in [-0.2, -0.15) is 0 Å². The van der Waals surface area contributed by atoms with E-state index in [0.717, 1.165) is 11.1 Å². The molecular formula is C16H22O5. The van der Waals surface area contributed by atoms with Crippen LogP contribution in [-0.2, 0) is 31.9 Å². The standard InChI is InChI=1S/C16H22O5/c1-3-20-14(16(19)21-4-2)11-13-7-5-12(6-8-13)9-10-15(17)18/h5-8,14H,3-4,9-11H2,1-2H3,(H,17,18). The lowest BCUT2D eigenvalue weighted by Gasteiger charge is -2.15. The van der Waals surface area contributed by atoms with E-state index in [9.17, 15) is 9.59 Å². The summed E-state index contributed by atoms with van der Waals surface area (Å²) in [5.41, 5.74) is 1.92. The highest BCUT2D eigenvalue weighted by atomic mass is 16.6. The lowest BCUT2D eigenvalue weighted by Crippen LogP contribution is -2.29. The maximum Gasteiger partial charge on any atom is 0.335 e. The van der Waals surface area contributed by atoms with Gasteiger partial charge in [-0.25, -0.2) is 4.79 Å². The van der Waals surface area contributed by atoms with Gasteiger partial charge in [-0.15, -0.1) is 0 Å². The number of hydrogen-bond donors (Lipinski definition) is 1. The highest BCUT2D eigenvalue weighted by Crippen LogP contribution is 2.11. The van der Waals surface area contributed by atoms with E-state index in [0.29, 0.717) is 26.1 Å². The van der Waals surface area contributed by atoms with Crippen molar-refractivity contribution in [1.82, 2.24) is 0 Å². The number of aryl methyl sites for hydroxylation is 1. The molecule has 1 unspecified atom stereocenters. The molecule has 1 aromatic rings. The molecule has 0 heterocycles. The molecule has 21 heavy (non-hydrogen) atoms. The molecule has 0 aliphatic carbocycles. The Bertz CT molecular complexity index is 452. The first-order valence-electron chi connectivity index (χ1n) is 7.14. The predicted molar refractivity (Wildman–Crippen MR) is 78.1 cm³/mol. The maximum atomic E-state index is 11.8. The van der Waals surface area contributed by atoms with Crippen molar-refractivity contribution in [2.45, 2.75) is 39.2 Å². The van der Waals surface area contributed by atoms with Crippen LogP contribution in [-0.4, -0.2) is 36.4 Å². The van der Waals surface area contributed by atoms with Crippen molar-refractivity contribution in [2.75, 3.05) is 13.2 Å². The van der Waals surface area contributed by atoms with E-state index in [-0.39, 0.29) is 12.4 Å². The third-order valence-electron chi connectivity index (χ3n) is 2.99. The molecule has 0 spiro atoms. The fraction of sp³-hybridized carbons (Fsp3) is 0.500. The van der Waals surface area contributed by atoms with Crippen molar-refractivity contribution in [2.24, 2.45) is 0 Å². The van der Waals surface area contributed by atoms with Gasteiger partial charge in [-0.05, 0) is 31.4 Å². The van der Waals surface area contributed by atoms with Gasteiger partial charge in [0.25, 0.3) is 0 Å².